The second-order valence-corrected chi connectivity index (χ2v) is 13.8. The van der Waals surface area contributed by atoms with Crippen LogP contribution in [0.2, 0.25) is 0 Å². The Bertz CT molecular complexity index is 206. The van der Waals surface area contributed by atoms with E-state index >= 15 is 0 Å². The van der Waals surface area contributed by atoms with Crippen LogP contribution in [0, 0.1) is 0 Å². The Hall–Kier alpha value is 0.894. The SMILES string of the molecule is CC.COC.O=Cc1ccccc1.[I][V][I]. The number of benzene rings is 1. The average molecular weight is 487 g/mol. The fourth-order valence-electron chi connectivity index (χ4n) is 0.532. The van der Waals surface area contributed by atoms with Gasteiger partial charge in [-0.25, -0.2) is 0 Å². The van der Waals surface area contributed by atoms with Crippen molar-refractivity contribution in [3.05, 3.63) is 35.9 Å². The first-order chi connectivity index (χ1) is 7.76. The molecular weight excluding hydrogens is 469 g/mol. The number of aldehydes is 1. The minimum atomic E-state index is 0.628. The molecular formula is C11H18I2O2V. The van der Waals surface area contributed by atoms with Crippen molar-refractivity contribution < 1.29 is 19.0 Å². The Morgan fingerprint density at radius 2 is 1.44 bits per heavy atom. The van der Waals surface area contributed by atoms with Crippen LogP contribution in [-0.2, 0) is 14.2 Å². The van der Waals surface area contributed by atoms with Crippen LogP contribution >= 0.6 is 40.0 Å². The topological polar surface area (TPSA) is 26.3 Å². The van der Waals surface area contributed by atoms with Gasteiger partial charge in [-0.1, -0.05) is 44.2 Å². The number of methoxy groups -OCH3 is 1. The third kappa shape index (κ3) is 24.2. The van der Waals surface area contributed by atoms with Gasteiger partial charge < -0.3 is 4.74 Å². The molecule has 0 saturated carbocycles. The summed E-state index contributed by atoms with van der Waals surface area (Å²) in [6, 6.07) is 9.10. The predicted molar refractivity (Wildman–Crippen MR) is 84.2 cm³/mol. The summed E-state index contributed by atoms with van der Waals surface area (Å²) >= 11 is 4.74. The van der Waals surface area contributed by atoms with Gasteiger partial charge in [-0.2, -0.15) is 0 Å². The number of carbonyl (C=O) groups is 1. The van der Waals surface area contributed by atoms with Crippen molar-refractivity contribution in [2.24, 2.45) is 0 Å². The van der Waals surface area contributed by atoms with Gasteiger partial charge in [-0.05, 0) is 0 Å². The van der Waals surface area contributed by atoms with Gasteiger partial charge in [0.05, 0.1) is 0 Å². The van der Waals surface area contributed by atoms with Crippen molar-refractivity contribution in [2.45, 2.75) is 13.8 Å². The second kappa shape index (κ2) is 24.9. The summed E-state index contributed by atoms with van der Waals surface area (Å²) in [6.45, 7) is 4.00. The summed E-state index contributed by atoms with van der Waals surface area (Å²) < 4.78 is 4.25. The number of hydrogen-bond acceptors (Lipinski definition) is 2. The van der Waals surface area contributed by atoms with E-state index in [9.17, 15) is 4.79 Å². The van der Waals surface area contributed by atoms with E-state index in [1.165, 1.54) is 0 Å². The number of carbonyl (C=O) groups excluding carboxylic acids is 1. The van der Waals surface area contributed by atoms with Crippen molar-refractivity contribution in [1.29, 1.82) is 0 Å². The summed E-state index contributed by atoms with van der Waals surface area (Å²) in [5.74, 6) is 0. The summed E-state index contributed by atoms with van der Waals surface area (Å²) in [5, 5.41) is 0. The van der Waals surface area contributed by atoms with Crippen molar-refractivity contribution in [1.82, 2.24) is 0 Å². The maximum absolute atomic E-state index is 10.0. The molecule has 93 valence electrons. The van der Waals surface area contributed by atoms with E-state index in [2.05, 4.69) is 44.7 Å². The first kappa shape index (κ1) is 22.1. The first-order valence-corrected chi connectivity index (χ1v) is 13.6. The van der Waals surface area contributed by atoms with E-state index in [1.807, 2.05) is 32.0 Å². The Balaban J connectivity index is -0.000000179. The van der Waals surface area contributed by atoms with Gasteiger partial charge in [0.15, 0.2) is 0 Å². The molecule has 2 nitrogen and oxygen atoms in total. The molecule has 16 heavy (non-hydrogen) atoms. The van der Waals surface area contributed by atoms with Gasteiger partial charge in [0.25, 0.3) is 0 Å². The minimum absolute atomic E-state index is 0.628. The van der Waals surface area contributed by atoms with E-state index < -0.39 is 0 Å². The number of hydrogen-bond donors (Lipinski definition) is 0. The van der Waals surface area contributed by atoms with Crippen LogP contribution in [0.1, 0.15) is 24.2 Å². The summed E-state index contributed by atoms with van der Waals surface area (Å²) in [5.41, 5.74) is 0.729. The van der Waals surface area contributed by atoms with E-state index in [-0.39, 0.29) is 0 Å². The summed E-state index contributed by atoms with van der Waals surface area (Å²) in [6.07, 6.45) is 0.833. The van der Waals surface area contributed by atoms with Crippen LogP contribution in [0.3, 0.4) is 0 Å². The number of ether oxygens (including phenoxy) is 1. The van der Waals surface area contributed by atoms with Crippen LogP contribution in [0.4, 0.5) is 0 Å². The molecule has 1 aromatic carbocycles. The molecule has 0 bridgehead atoms. The van der Waals surface area contributed by atoms with Crippen LogP contribution in [0.25, 0.3) is 0 Å². The van der Waals surface area contributed by atoms with Gasteiger partial charge in [-0.3, -0.25) is 4.79 Å². The third-order valence-electron chi connectivity index (χ3n) is 0.936. The van der Waals surface area contributed by atoms with Gasteiger partial charge in [0, 0.05) is 19.8 Å². The van der Waals surface area contributed by atoms with Gasteiger partial charge in [-0.15, -0.1) is 0 Å². The molecule has 0 aliphatic carbocycles. The summed E-state index contributed by atoms with van der Waals surface area (Å²) in [7, 11) is 3.88. The van der Waals surface area contributed by atoms with E-state index in [1.54, 1.807) is 26.4 Å². The molecule has 0 amide bonds. The molecule has 0 spiro atoms. The molecule has 5 heteroatoms. The third-order valence-corrected chi connectivity index (χ3v) is 0.936. The van der Waals surface area contributed by atoms with Crippen molar-refractivity contribution in [3.63, 3.8) is 0 Å². The molecule has 0 radical (unpaired) electrons. The van der Waals surface area contributed by atoms with Crippen LogP contribution in [0.15, 0.2) is 30.3 Å². The quantitative estimate of drug-likeness (QED) is 0.430. The molecule has 0 heterocycles. The molecule has 0 unspecified atom stereocenters. The molecule has 1 aromatic rings. The Labute approximate surface area is 128 Å². The molecule has 0 aliphatic heterocycles. The van der Waals surface area contributed by atoms with Crippen LogP contribution in [0.5, 0.6) is 0 Å². The molecule has 1 rings (SSSR count). The molecule has 0 fully saturated rings. The fourth-order valence-corrected chi connectivity index (χ4v) is 0.532. The zero-order valence-corrected chi connectivity index (χ0v) is 15.7. The predicted octanol–water partition coefficient (Wildman–Crippen LogP) is 4.56. The normalized spacial score (nSPS) is 6.62. The van der Waals surface area contributed by atoms with Crippen molar-refractivity contribution >= 4 is 46.2 Å². The average Bonchev–Trinajstić information content (AvgIpc) is 2.35. The Morgan fingerprint density at radius 1 is 1.12 bits per heavy atom. The van der Waals surface area contributed by atoms with E-state index in [4.69, 9.17) is 0 Å². The maximum atomic E-state index is 10.0. The fraction of sp³-hybridized carbons (Fsp3) is 0.364. The molecule has 0 aromatic heterocycles. The van der Waals surface area contributed by atoms with Crippen LogP contribution in [-0.4, -0.2) is 20.5 Å². The number of halogens is 2. The van der Waals surface area contributed by atoms with Gasteiger partial charge in [0.2, 0.25) is 0 Å². The van der Waals surface area contributed by atoms with E-state index in [0.717, 1.165) is 11.8 Å². The molecule has 0 N–H and O–H groups in total. The van der Waals surface area contributed by atoms with Crippen LogP contribution < -0.4 is 0 Å². The monoisotopic (exact) mass is 487 g/mol. The zero-order valence-electron chi connectivity index (χ0n) is 9.98. The van der Waals surface area contributed by atoms with E-state index in [0.29, 0.717) is 9.47 Å². The second-order valence-electron chi connectivity index (χ2n) is 2.00. The molecule has 0 saturated heterocycles. The Morgan fingerprint density at radius 3 is 1.62 bits per heavy atom. The first-order valence-electron chi connectivity index (χ1n) is 4.59. The van der Waals surface area contributed by atoms with Crippen molar-refractivity contribution in [3.8, 4) is 0 Å². The number of rotatable bonds is 1. The van der Waals surface area contributed by atoms with Gasteiger partial charge >= 0.3 is 49.4 Å². The van der Waals surface area contributed by atoms with Crippen molar-refractivity contribution in [2.75, 3.05) is 14.2 Å². The molecule has 0 aliphatic rings. The molecule has 0 atom stereocenters. The standard InChI is InChI=1S/C7H6O.C2H6O.C2H6.2HI.V/c8-6-7-4-2-1-3-5-7;1-3-2;1-2;;;/h1-6H;1-2H3;1-2H3;2*1H;/q;;;;;+2/p-2. The van der Waals surface area contributed by atoms with Gasteiger partial charge in [0.1, 0.15) is 6.29 Å². The summed E-state index contributed by atoms with van der Waals surface area (Å²) in [4.78, 5) is 10.0. The Kier molecular flexibility index (Phi) is 34.4. The zero-order chi connectivity index (χ0) is 13.2.